The van der Waals surface area contributed by atoms with E-state index < -0.39 is 0 Å². The van der Waals surface area contributed by atoms with E-state index in [2.05, 4.69) is 26.6 Å². The van der Waals surface area contributed by atoms with Crippen LogP contribution in [0.25, 0.3) is 0 Å². The van der Waals surface area contributed by atoms with Crippen LogP contribution in [0, 0.1) is 5.92 Å². The fourth-order valence-corrected chi connectivity index (χ4v) is 1.83. The van der Waals surface area contributed by atoms with Crippen molar-refractivity contribution in [3.05, 3.63) is 28.7 Å². The molecular weight excluding hydrogens is 284 g/mol. The van der Waals surface area contributed by atoms with Gasteiger partial charge in [0.1, 0.15) is 0 Å². The largest absolute Gasteiger partial charge is 0.347 e. The third-order valence-electron chi connectivity index (χ3n) is 2.48. The Kier molecular flexibility index (Phi) is 3.78. The highest BCUT2D eigenvalue weighted by Crippen LogP contribution is 2.28. The Morgan fingerprint density at radius 2 is 2.12 bits per heavy atom. The SMILES string of the molecule is O=C(CNC(=O)C1CC1)Nc1cccc(Br)c1. The van der Waals surface area contributed by atoms with Gasteiger partial charge in [-0.15, -0.1) is 0 Å². The molecule has 0 radical (unpaired) electrons. The molecule has 1 aliphatic carbocycles. The van der Waals surface area contributed by atoms with Crippen molar-refractivity contribution in [2.45, 2.75) is 12.8 Å². The summed E-state index contributed by atoms with van der Waals surface area (Å²) in [7, 11) is 0. The van der Waals surface area contributed by atoms with Gasteiger partial charge in [-0.3, -0.25) is 9.59 Å². The average molecular weight is 297 g/mol. The summed E-state index contributed by atoms with van der Waals surface area (Å²) in [6.45, 7) is 0.0296. The van der Waals surface area contributed by atoms with E-state index in [4.69, 9.17) is 0 Å². The number of rotatable bonds is 4. The number of benzene rings is 1. The van der Waals surface area contributed by atoms with Gasteiger partial charge in [-0.1, -0.05) is 22.0 Å². The molecule has 0 bridgehead atoms. The average Bonchev–Trinajstić information content (AvgIpc) is 3.09. The molecule has 0 unspecified atom stereocenters. The molecule has 4 nitrogen and oxygen atoms in total. The van der Waals surface area contributed by atoms with Crippen LogP contribution < -0.4 is 10.6 Å². The van der Waals surface area contributed by atoms with Crippen molar-refractivity contribution >= 4 is 33.4 Å². The van der Waals surface area contributed by atoms with Gasteiger partial charge < -0.3 is 10.6 Å². The molecule has 1 saturated carbocycles. The Labute approximate surface area is 108 Å². The number of amides is 2. The second-order valence-electron chi connectivity index (χ2n) is 4.05. The maximum Gasteiger partial charge on any atom is 0.243 e. The molecule has 2 rings (SSSR count). The number of nitrogens with one attached hydrogen (secondary N) is 2. The number of carbonyl (C=O) groups is 2. The van der Waals surface area contributed by atoms with E-state index in [1.165, 1.54) is 0 Å². The maximum atomic E-state index is 11.5. The number of hydrogen-bond acceptors (Lipinski definition) is 2. The Balaban J connectivity index is 1.78. The Morgan fingerprint density at radius 3 is 2.76 bits per heavy atom. The highest BCUT2D eigenvalue weighted by Gasteiger charge is 2.29. The summed E-state index contributed by atoms with van der Waals surface area (Å²) in [5.74, 6) is -0.0971. The number of hydrogen-bond donors (Lipinski definition) is 2. The second kappa shape index (κ2) is 5.31. The molecule has 0 saturated heterocycles. The zero-order valence-electron chi connectivity index (χ0n) is 9.20. The Bertz CT molecular complexity index is 444. The molecule has 0 aromatic heterocycles. The van der Waals surface area contributed by atoms with E-state index >= 15 is 0 Å². The zero-order chi connectivity index (χ0) is 12.3. The predicted octanol–water partition coefficient (Wildman–Crippen LogP) is 1.91. The molecule has 5 heteroatoms. The molecule has 17 heavy (non-hydrogen) atoms. The quantitative estimate of drug-likeness (QED) is 0.892. The molecule has 0 aliphatic heterocycles. The van der Waals surface area contributed by atoms with Crippen LogP contribution in [0.2, 0.25) is 0 Å². The topological polar surface area (TPSA) is 58.2 Å². The minimum atomic E-state index is -0.211. The van der Waals surface area contributed by atoms with Gasteiger partial charge in [-0.2, -0.15) is 0 Å². The zero-order valence-corrected chi connectivity index (χ0v) is 10.8. The standard InChI is InChI=1S/C12H13BrN2O2/c13-9-2-1-3-10(6-9)15-11(16)7-14-12(17)8-4-5-8/h1-3,6,8H,4-5,7H2,(H,14,17)(H,15,16). The van der Waals surface area contributed by atoms with Crippen LogP contribution >= 0.6 is 15.9 Å². The monoisotopic (exact) mass is 296 g/mol. The van der Waals surface area contributed by atoms with E-state index in [-0.39, 0.29) is 24.3 Å². The summed E-state index contributed by atoms with van der Waals surface area (Å²) in [6.07, 6.45) is 1.89. The van der Waals surface area contributed by atoms with Crippen molar-refractivity contribution < 1.29 is 9.59 Å². The second-order valence-corrected chi connectivity index (χ2v) is 4.97. The lowest BCUT2D eigenvalue weighted by molar-refractivity contribution is -0.125. The van der Waals surface area contributed by atoms with Gasteiger partial charge in [0.05, 0.1) is 6.54 Å². The first-order valence-electron chi connectivity index (χ1n) is 5.48. The molecule has 90 valence electrons. The summed E-state index contributed by atoms with van der Waals surface area (Å²) in [4.78, 5) is 22.8. The van der Waals surface area contributed by atoms with E-state index in [9.17, 15) is 9.59 Å². The van der Waals surface area contributed by atoms with Crippen LogP contribution in [0.5, 0.6) is 0 Å². The molecule has 0 heterocycles. The maximum absolute atomic E-state index is 11.5. The molecule has 1 aromatic rings. The van der Waals surface area contributed by atoms with Crippen LogP contribution in [-0.2, 0) is 9.59 Å². The van der Waals surface area contributed by atoms with E-state index in [0.717, 1.165) is 17.3 Å². The molecule has 1 aliphatic rings. The highest BCUT2D eigenvalue weighted by atomic mass is 79.9. The lowest BCUT2D eigenvalue weighted by Crippen LogP contribution is -2.33. The molecule has 1 aromatic carbocycles. The molecule has 2 amide bonds. The number of anilines is 1. The summed E-state index contributed by atoms with van der Waals surface area (Å²) in [5.41, 5.74) is 0.713. The summed E-state index contributed by atoms with van der Waals surface area (Å²) >= 11 is 3.32. The normalized spacial score (nSPS) is 14.2. The fraction of sp³-hybridized carbons (Fsp3) is 0.333. The number of carbonyl (C=O) groups excluding carboxylic acids is 2. The van der Waals surface area contributed by atoms with Gasteiger partial charge in [-0.05, 0) is 31.0 Å². The highest BCUT2D eigenvalue weighted by molar-refractivity contribution is 9.10. The summed E-state index contributed by atoms with van der Waals surface area (Å²) < 4.78 is 0.900. The van der Waals surface area contributed by atoms with E-state index in [0.29, 0.717) is 5.69 Å². The molecule has 0 atom stereocenters. The molecular formula is C12H13BrN2O2. The van der Waals surface area contributed by atoms with Gasteiger partial charge in [0.2, 0.25) is 11.8 Å². The first-order chi connectivity index (χ1) is 8.15. The van der Waals surface area contributed by atoms with Crippen LogP contribution in [0.4, 0.5) is 5.69 Å². The van der Waals surface area contributed by atoms with E-state index in [1.54, 1.807) is 12.1 Å². The smallest absolute Gasteiger partial charge is 0.243 e. The Morgan fingerprint density at radius 1 is 1.35 bits per heavy atom. The Hall–Kier alpha value is -1.36. The molecule has 2 N–H and O–H groups in total. The summed E-state index contributed by atoms with van der Waals surface area (Å²) in [5, 5.41) is 5.33. The number of halogens is 1. The summed E-state index contributed by atoms with van der Waals surface area (Å²) in [6, 6.07) is 7.32. The van der Waals surface area contributed by atoms with Crippen molar-refractivity contribution in [3.63, 3.8) is 0 Å². The minimum absolute atomic E-state index is 0.0191. The van der Waals surface area contributed by atoms with Crippen molar-refractivity contribution in [1.82, 2.24) is 5.32 Å². The lowest BCUT2D eigenvalue weighted by atomic mass is 10.3. The van der Waals surface area contributed by atoms with Crippen LogP contribution in [-0.4, -0.2) is 18.4 Å². The van der Waals surface area contributed by atoms with E-state index in [1.807, 2.05) is 12.1 Å². The molecule has 1 fully saturated rings. The van der Waals surface area contributed by atoms with Crippen molar-refractivity contribution in [2.75, 3.05) is 11.9 Å². The van der Waals surface area contributed by atoms with Crippen LogP contribution in [0.1, 0.15) is 12.8 Å². The fourth-order valence-electron chi connectivity index (χ4n) is 1.43. The van der Waals surface area contributed by atoms with Gasteiger partial charge >= 0.3 is 0 Å². The molecule has 0 spiro atoms. The van der Waals surface area contributed by atoms with Gasteiger partial charge in [0.15, 0.2) is 0 Å². The van der Waals surface area contributed by atoms with Gasteiger partial charge in [-0.25, -0.2) is 0 Å². The first-order valence-corrected chi connectivity index (χ1v) is 6.27. The third kappa shape index (κ3) is 3.85. The predicted molar refractivity (Wildman–Crippen MR) is 68.5 cm³/mol. The minimum Gasteiger partial charge on any atom is -0.347 e. The lowest BCUT2D eigenvalue weighted by Gasteiger charge is -2.06. The van der Waals surface area contributed by atoms with Gasteiger partial charge in [0.25, 0.3) is 0 Å². The third-order valence-corrected chi connectivity index (χ3v) is 2.97. The van der Waals surface area contributed by atoms with Crippen molar-refractivity contribution in [2.24, 2.45) is 5.92 Å². The van der Waals surface area contributed by atoms with Gasteiger partial charge in [0, 0.05) is 16.1 Å². The van der Waals surface area contributed by atoms with Crippen LogP contribution in [0.3, 0.4) is 0 Å². The first kappa shape index (κ1) is 12.1. The van der Waals surface area contributed by atoms with Crippen LogP contribution in [0.15, 0.2) is 28.7 Å². The van der Waals surface area contributed by atoms with Crippen molar-refractivity contribution in [3.8, 4) is 0 Å². The van der Waals surface area contributed by atoms with Crippen molar-refractivity contribution in [1.29, 1.82) is 0 Å².